The number of nitrogens with two attached hydrogens (primary N) is 1. The third-order valence-electron chi connectivity index (χ3n) is 3.94. The van der Waals surface area contributed by atoms with Gasteiger partial charge in [0.15, 0.2) is 11.3 Å². The second kappa shape index (κ2) is 5.05. The molecular weight excluding hydrogens is 294 g/mol. The van der Waals surface area contributed by atoms with E-state index in [1.165, 1.54) is 0 Å². The molecule has 116 valence electrons. The van der Waals surface area contributed by atoms with E-state index in [1.54, 1.807) is 31.2 Å². The molecule has 4 rings (SSSR count). The largest absolute Gasteiger partial charge is 0.486 e. The van der Waals surface area contributed by atoms with Crippen LogP contribution < -0.4 is 20.6 Å². The van der Waals surface area contributed by atoms with Crippen molar-refractivity contribution >= 4 is 16.7 Å². The number of anilines is 1. The van der Waals surface area contributed by atoms with E-state index in [0.717, 1.165) is 5.56 Å². The quantitative estimate of drug-likeness (QED) is 0.699. The molecule has 23 heavy (non-hydrogen) atoms. The summed E-state index contributed by atoms with van der Waals surface area (Å²) in [4.78, 5) is 12.9. The van der Waals surface area contributed by atoms with Crippen LogP contribution in [0.3, 0.4) is 0 Å². The molecule has 5 nitrogen and oxygen atoms in total. The molecule has 0 unspecified atom stereocenters. The number of hydrogen-bond donors (Lipinski definition) is 1. The highest BCUT2D eigenvalue weighted by Crippen LogP contribution is 2.38. The summed E-state index contributed by atoms with van der Waals surface area (Å²) in [7, 11) is 0. The Kier molecular flexibility index (Phi) is 3.01. The summed E-state index contributed by atoms with van der Waals surface area (Å²) in [5, 5.41) is 0.478. The van der Waals surface area contributed by atoms with Gasteiger partial charge in [-0.2, -0.15) is 0 Å². The minimum atomic E-state index is -0.0921. The van der Waals surface area contributed by atoms with Gasteiger partial charge in [-0.15, -0.1) is 0 Å². The fraction of sp³-hybridized carbons (Fsp3) is 0.167. The van der Waals surface area contributed by atoms with Gasteiger partial charge in [0.25, 0.3) is 0 Å². The maximum atomic E-state index is 12.9. The highest BCUT2D eigenvalue weighted by molar-refractivity contribution is 5.89. The van der Waals surface area contributed by atoms with Crippen molar-refractivity contribution in [1.29, 1.82) is 0 Å². The molecule has 0 atom stereocenters. The Labute approximate surface area is 132 Å². The zero-order chi connectivity index (χ0) is 16.0. The lowest BCUT2D eigenvalue weighted by Gasteiger charge is -2.19. The van der Waals surface area contributed by atoms with Crippen LogP contribution in [0.2, 0.25) is 0 Å². The van der Waals surface area contributed by atoms with Crippen LogP contribution >= 0.6 is 0 Å². The number of benzene rings is 2. The molecule has 0 saturated heterocycles. The number of aryl methyl sites for hydroxylation is 1. The van der Waals surface area contributed by atoms with E-state index in [2.05, 4.69) is 0 Å². The van der Waals surface area contributed by atoms with Crippen molar-refractivity contribution in [2.24, 2.45) is 0 Å². The smallest absolute Gasteiger partial charge is 0.205 e. The maximum absolute atomic E-state index is 12.9. The monoisotopic (exact) mass is 309 g/mol. The molecule has 2 N–H and O–H groups in total. The molecule has 3 aromatic rings. The van der Waals surface area contributed by atoms with Gasteiger partial charge in [0.1, 0.15) is 19.0 Å². The molecule has 0 radical (unpaired) electrons. The Morgan fingerprint density at radius 3 is 2.52 bits per heavy atom. The van der Waals surface area contributed by atoms with Crippen molar-refractivity contribution in [2.45, 2.75) is 6.92 Å². The Morgan fingerprint density at radius 1 is 1.00 bits per heavy atom. The van der Waals surface area contributed by atoms with Crippen LogP contribution in [-0.2, 0) is 0 Å². The topological polar surface area (TPSA) is 74.7 Å². The summed E-state index contributed by atoms with van der Waals surface area (Å²) in [6, 6.07) is 10.6. The van der Waals surface area contributed by atoms with Crippen molar-refractivity contribution in [3.8, 4) is 22.6 Å². The van der Waals surface area contributed by atoms with Gasteiger partial charge >= 0.3 is 0 Å². The van der Waals surface area contributed by atoms with Gasteiger partial charge in [-0.05, 0) is 36.8 Å². The normalized spacial score (nSPS) is 13.3. The summed E-state index contributed by atoms with van der Waals surface area (Å²) >= 11 is 0. The first kappa shape index (κ1) is 13.7. The predicted octanol–water partition coefficient (Wildman–Crippen LogP) is 3.12. The Balaban J connectivity index is 2.01. The van der Waals surface area contributed by atoms with Crippen LogP contribution in [0, 0.1) is 6.92 Å². The SMILES string of the molecule is Cc1oc2c3c(ccc2c(=O)c1-c1ccc(N)cc1)OCCO3. The summed E-state index contributed by atoms with van der Waals surface area (Å²) < 4.78 is 17.1. The van der Waals surface area contributed by atoms with Crippen molar-refractivity contribution < 1.29 is 13.9 Å². The minimum Gasteiger partial charge on any atom is -0.486 e. The molecule has 1 aliphatic heterocycles. The first-order chi connectivity index (χ1) is 11.1. The van der Waals surface area contributed by atoms with Crippen LogP contribution in [0.4, 0.5) is 5.69 Å². The third kappa shape index (κ3) is 2.12. The van der Waals surface area contributed by atoms with Crippen molar-refractivity contribution in [3.63, 3.8) is 0 Å². The van der Waals surface area contributed by atoms with E-state index in [0.29, 0.717) is 52.7 Å². The highest BCUT2D eigenvalue weighted by Gasteiger charge is 2.21. The molecule has 0 aliphatic carbocycles. The van der Waals surface area contributed by atoms with Crippen LogP contribution in [0.25, 0.3) is 22.1 Å². The lowest BCUT2D eigenvalue weighted by Crippen LogP contribution is -2.16. The van der Waals surface area contributed by atoms with Gasteiger partial charge in [0.05, 0.1) is 10.9 Å². The molecule has 1 aromatic heterocycles. The van der Waals surface area contributed by atoms with Gasteiger partial charge in [0, 0.05) is 5.69 Å². The van der Waals surface area contributed by atoms with E-state index >= 15 is 0 Å². The Hall–Kier alpha value is -2.95. The first-order valence-electron chi connectivity index (χ1n) is 7.37. The number of nitrogen functional groups attached to an aromatic ring is 1. The second-order valence-corrected chi connectivity index (χ2v) is 5.45. The van der Waals surface area contributed by atoms with Gasteiger partial charge in [-0.25, -0.2) is 0 Å². The molecule has 2 heterocycles. The van der Waals surface area contributed by atoms with Gasteiger partial charge < -0.3 is 19.6 Å². The number of rotatable bonds is 1. The predicted molar refractivity (Wildman–Crippen MR) is 88.1 cm³/mol. The van der Waals surface area contributed by atoms with E-state index in [4.69, 9.17) is 19.6 Å². The van der Waals surface area contributed by atoms with Crippen molar-refractivity contribution in [3.05, 3.63) is 52.4 Å². The van der Waals surface area contributed by atoms with Crippen LogP contribution in [0.15, 0.2) is 45.6 Å². The molecule has 1 aliphatic rings. The standard InChI is InChI=1S/C18H15NO4/c1-10-15(11-2-4-12(19)5-3-11)16(20)13-6-7-14-18(17(13)23-10)22-9-8-21-14/h2-7H,8-9,19H2,1H3. The summed E-state index contributed by atoms with van der Waals surface area (Å²) in [6.45, 7) is 2.70. The number of hydrogen-bond acceptors (Lipinski definition) is 5. The molecule has 0 amide bonds. The van der Waals surface area contributed by atoms with E-state index < -0.39 is 0 Å². The zero-order valence-corrected chi connectivity index (χ0v) is 12.6. The van der Waals surface area contributed by atoms with Crippen molar-refractivity contribution in [2.75, 3.05) is 18.9 Å². The second-order valence-electron chi connectivity index (χ2n) is 5.45. The molecule has 0 spiro atoms. The molecular formula is C18H15NO4. The van der Waals surface area contributed by atoms with Crippen molar-refractivity contribution in [1.82, 2.24) is 0 Å². The van der Waals surface area contributed by atoms with E-state index in [1.807, 2.05) is 12.1 Å². The van der Waals surface area contributed by atoms with Gasteiger partial charge in [-0.1, -0.05) is 12.1 Å². The average molecular weight is 309 g/mol. The first-order valence-corrected chi connectivity index (χ1v) is 7.37. The maximum Gasteiger partial charge on any atom is 0.205 e. The van der Waals surface area contributed by atoms with Crippen LogP contribution in [0.1, 0.15) is 5.76 Å². The lowest BCUT2D eigenvalue weighted by molar-refractivity contribution is 0.172. The fourth-order valence-corrected chi connectivity index (χ4v) is 2.85. The minimum absolute atomic E-state index is 0.0921. The van der Waals surface area contributed by atoms with E-state index in [-0.39, 0.29) is 5.43 Å². The summed E-state index contributed by atoms with van der Waals surface area (Å²) in [5.74, 6) is 1.64. The third-order valence-corrected chi connectivity index (χ3v) is 3.94. The fourth-order valence-electron chi connectivity index (χ4n) is 2.85. The Bertz CT molecular complexity index is 957. The average Bonchev–Trinajstić information content (AvgIpc) is 2.56. The lowest BCUT2D eigenvalue weighted by atomic mass is 10.0. The Morgan fingerprint density at radius 2 is 1.74 bits per heavy atom. The van der Waals surface area contributed by atoms with Gasteiger partial charge in [-0.3, -0.25) is 4.79 Å². The number of ether oxygens (including phenoxy) is 2. The highest BCUT2D eigenvalue weighted by atomic mass is 16.6. The molecule has 5 heteroatoms. The molecule has 0 bridgehead atoms. The molecule has 0 saturated carbocycles. The summed E-state index contributed by atoms with van der Waals surface area (Å²) in [5.41, 5.74) is 8.02. The summed E-state index contributed by atoms with van der Waals surface area (Å²) in [6.07, 6.45) is 0. The van der Waals surface area contributed by atoms with E-state index in [9.17, 15) is 4.79 Å². The van der Waals surface area contributed by atoms with Gasteiger partial charge in [0.2, 0.25) is 11.2 Å². The molecule has 2 aromatic carbocycles. The number of fused-ring (bicyclic) bond motifs is 3. The van der Waals surface area contributed by atoms with Crippen LogP contribution in [-0.4, -0.2) is 13.2 Å². The molecule has 0 fully saturated rings. The van der Waals surface area contributed by atoms with Crippen LogP contribution in [0.5, 0.6) is 11.5 Å². The zero-order valence-electron chi connectivity index (χ0n) is 12.6.